The molecule has 0 spiro atoms. The van der Waals surface area contributed by atoms with Gasteiger partial charge in [-0.15, -0.1) is 0 Å². The van der Waals surface area contributed by atoms with Crippen molar-refractivity contribution in [2.75, 3.05) is 0 Å². The molecule has 3 nitrogen and oxygen atoms in total. The van der Waals surface area contributed by atoms with Gasteiger partial charge < -0.3 is 5.73 Å². The van der Waals surface area contributed by atoms with Crippen LogP contribution in [0.2, 0.25) is 0 Å². The molecule has 0 unspecified atom stereocenters. The van der Waals surface area contributed by atoms with Crippen LogP contribution in [0.3, 0.4) is 0 Å². The van der Waals surface area contributed by atoms with Crippen molar-refractivity contribution < 1.29 is 0 Å². The number of rotatable bonds is 3. The second kappa shape index (κ2) is 7.23. The van der Waals surface area contributed by atoms with Crippen LogP contribution in [-0.2, 0) is 12.8 Å². The van der Waals surface area contributed by atoms with Crippen LogP contribution in [0.1, 0.15) is 35.1 Å². The van der Waals surface area contributed by atoms with Crippen LogP contribution in [0, 0.1) is 0 Å². The first-order valence-electron chi connectivity index (χ1n) is 7.65. The lowest BCUT2D eigenvalue weighted by molar-refractivity contribution is 0.685. The second-order valence-corrected chi connectivity index (χ2v) is 6.99. The molecule has 3 rings (SSSR count). The largest absolute Gasteiger partial charge is 0.375 e. The SMILES string of the molecule is NC(=S)N/N=C(/c1cccc(Br)c1)c1ccc2c(c1)CCCC2. The fourth-order valence-corrected chi connectivity index (χ4v) is 3.37. The molecule has 0 atom stereocenters. The predicted molar refractivity (Wildman–Crippen MR) is 103 cm³/mol. The Bertz CT molecular complexity index is 771. The van der Waals surface area contributed by atoms with Crippen molar-refractivity contribution in [3.05, 3.63) is 69.2 Å². The van der Waals surface area contributed by atoms with E-state index in [9.17, 15) is 0 Å². The Morgan fingerprint density at radius 1 is 1.04 bits per heavy atom. The van der Waals surface area contributed by atoms with Crippen LogP contribution in [0.4, 0.5) is 0 Å². The van der Waals surface area contributed by atoms with Gasteiger partial charge in [-0.1, -0.05) is 40.2 Å². The van der Waals surface area contributed by atoms with Gasteiger partial charge in [-0.3, -0.25) is 5.43 Å². The van der Waals surface area contributed by atoms with E-state index in [0.29, 0.717) is 0 Å². The van der Waals surface area contributed by atoms with Crippen LogP contribution in [0.15, 0.2) is 52.0 Å². The van der Waals surface area contributed by atoms with Crippen molar-refractivity contribution in [2.24, 2.45) is 10.8 Å². The third-order valence-electron chi connectivity index (χ3n) is 4.00. The maximum Gasteiger partial charge on any atom is 0.184 e. The van der Waals surface area contributed by atoms with E-state index in [2.05, 4.69) is 44.7 Å². The highest BCUT2D eigenvalue weighted by molar-refractivity contribution is 9.10. The number of hydrazone groups is 1. The maximum atomic E-state index is 5.54. The van der Waals surface area contributed by atoms with Crippen LogP contribution in [0.25, 0.3) is 0 Å². The van der Waals surface area contributed by atoms with E-state index in [1.807, 2.05) is 24.3 Å². The Labute approximate surface area is 150 Å². The molecule has 3 N–H and O–H groups in total. The zero-order valence-electron chi connectivity index (χ0n) is 12.7. The molecule has 0 aromatic heterocycles. The monoisotopic (exact) mass is 387 g/mol. The number of halogens is 1. The fraction of sp³-hybridized carbons (Fsp3) is 0.222. The average Bonchev–Trinajstić information content (AvgIpc) is 2.55. The van der Waals surface area contributed by atoms with Crippen molar-refractivity contribution in [3.63, 3.8) is 0 Å². The molecular weight excluding hydrogens is 370 g/mol. The van der Waals surface area contributed by atoms with Crippen molar-refractivity contribution in [3.8, 4) is 0 Å². The van der Waals surface area contributed by atoms with Gasteiger partial charge in [-0.25, -0.2) is 0 Å². The third kappa shape index (κ3) is 3.98. The molecule has 0 aliphatic heterocycles. The van der Waals surface area contributed by atoms with Crippen LogP contribution in [0.5, 0.6) is 0 Å². The third-order valence-corrected chi connectivity index (χ3v) is 4.58. The van der Waals surface area contributed by atoms with Crippen molar-refractivity contribution >= 4 is 39.0 Å². The Morgan fingerprint density at radius 3 is 2.52 bits per heavy atom. The highest BCUT2D eigenvalue weighted by Crippen LogP contribution is 2.24. The number of nitrogens with one attached hydrogen (secondary N) is 1. The number of fused-ring (bicyclic) bond motifs is 1. The topological polar surface area (TPSA) is 50.4 Å². The zero-order valence-corrected chi connectivity index (χ0v) is 15.1. The minimum absolute atomic E-state index is 0.162. The van der Waals surface area contributed by atoms with Gasteiger partial charge >= 0.3 is 0 Å². The zero-order chi connectivity index (χ0) is 16.2. The summed E-state index contributed by atoms with van der Waals surface area (Å²) in [7, 11) is 0. The van der Waals surface area contributed by atoms with Crippen molar-refractivity contribution in [2.45, 2.75) is 25.7 Å². The molecule has 0 heterocycles. The molecule has 2 aromatic carbocycles. The average molecular weight is 388 g/mol. The van der Waals surface area contributed by atoms with Gasteiger partial charge in [-0.2, -0.15) is 5.10 Å². The van der Waals surface area contributed by atoms with Gasteiger partial charge in [0.2, 0.25) is 0 Å². The highest BCUT2D eigenvalue weighted by atomic mass is 79.9. The summed E-state index contributed by atoms with van der Waals surface area (Å²) in [4.78, 5) is 0. The molecule has 1 aliphatic rings. The Kier molecular flexibility index (Phi) is 5.08. The minimum Gasteiger partial charge on any atom is -0.375 e. The number of thiocarbonyl (C=S) groups is 1. The molecule has 2 aromatic rings. The minimum atomic E-state index is 0.162. The van der Waals surface area contributed by atoms with Gasteiger partial charge in [-0.05, 0) is 67.2 Å². The van der Waals surface area contributed by atoms with E-state index in [0.717, 1.165) is 27.7 Å². The summed E-state index contributed by atoms with van der Waals surface area (Å²) < 4.78 is 1.01. The van der Waals surface area contributed by atoms with Gasteiger partial charge in [0.05, 0.1) is 5.71 Å². The van der Waals surface area contributed by atoms with E-state index in [-0.39, 0.29) is 5.11 Å². The number of benzene rings is 2. The molecule has 0 saturated heterocycles. The van der Waals surface area contributed by atoms with Gasteiger partial charge in [0.25, 0.3) is 0 Å². The molecule has 1 aliphatic carbocycles. The summed E-state index contributed by atoms with van der Waals surface area (Å²) in [6.45, 7) is 0. The van der Waals surface area contributed by atoms with Gasteiger partial charge in [0, 0.05) is 15.6 Å². The Balaban J connectivity index is 2.04. The number of aryl methyl sites for hydroxylation is 2. The highest BCUT2D eigenvalue weighted by Gasteiger charge is 2.13. The van der Waals surface area contributed by atoms with Gasteiger partial charge in [0.15, 0.2) is 5.11 Å². The quantitative estimate of drug-likeness (QED) is 0.476. The number of nitrogens with two attached hydrogens (primary N) is 1. The summed E-state index contributed by atoms with van der Waals surface area (Å²) in [6, 6.07) is 14.7. The van der Waals surface area contributed by atoms with E-state index < -0.39 is 0 Å². The fourth-order valence-electron chi connectivity index (χ4n) is 2.92. The lowest BCUT2D eigenvalue weighted by atomic mass is 9.89. The summed E-state index contributed by atoms with van der Waals surface area (Å²) >= 11 is 8.40. The van der Waals surface area contributed by atoms with E-state index in [1.54, 1.807) is 0 Å². The molecular formula is C18H18BrN3S. The van der Waals surface area contributed by atoms with E-state index in [1.165, 1.54) is 30.4 Å². The first kappa shape index (κ1) is 16.1. The van der Waals surface area contributed by atoms with Crippen LogP contribution < -0.4 is 11.2 Å². The van der Waals surface area contributed by atoms with Crippen LogP contribution in [-0.4, -0.2) is 10.8 Å². The van der Waals surface area contributed by atoms with Gasteiger partial charge in [0.1, 0.15) is 0 Å². The normalized spacial score (nSPS) is 14.2. The molecule has 0 bridgehead atoms. The second-order valence-electron chi connectivity index (χ2n) is 5.64. The van der Waals surface area contributed by atoms with Crippen LogP contribution >= 0.6 is 28.1 Å². The summed E-state index contributed by atoms with van der Waals surface area (Å²) in [5.41, 5.74) is 14.1. The standard InChI is InChI=1S/C18H18BrN3S/c19-16-7-3-6-14(11-16)17(21-22-18(20)23)15-9-8-12-4-1-2-5-13(12)10-15/h3,6-11H,1-2,4-5H2,(H3,20,22,23)/b21-17-. The lowest BCUT2D eigenvalue weighted by Gasteiger charge is -2.17. The molecule has 0 amide bonds. The summed E-state index contributed by atoms with van der Waals surface area (Å²) in [5.74, 6) is 0. The number of nitrogens with zero attached hydrogens (tertiary/aromatic N) is 1. The van der Waals surface area contributed by atoms with Crippen molar-refractivity contribution in [1.82, 2.24) is 5.43 Å². The molecule has 23 heavy (non-hydrogen) atoms. The lowest BCUT2D eigenvalue weighted by Crippen LogP contribution is -2.26. The maximum absolute atomic E-state index is 5.54. The first-order chi connectivity index (χ1) is 11.1. The van der Waals surface area contributed by atoms with Crippen molar-refractivity contribution in [1.29, 1.82) is 0 Å². The smallest absolute Gasteiger partial charge is 0.184 e. The number of hydrogen-bond acceptors (Lipinski definition) is 2. The molecule has 0 radical (unpaired) electrons. The number of hydrogen-bond donors (Lipinski definition) is 2. The summed E-state index contributed by atoms with van der Waals surface area (Å²) in [5, 5.41) is 4.60. The molecule has 118 valence electrons. The van der Waals surface area contributed by atoms with E-state index in [4.69, 9.17) is 18.0 Å². The molecule has 0 saturated carbocycles. The van der Waals surface area contributed by atoms with E-state index >= 15 is 0 Å². The predicted octanol–water partition coefficient (Wildman–Crippen LogP) is 3.91. The molecule has 5 heteroatoms. The Hall–Kier alpha value is -1.72. The first-order valence-corrected chi connectivity index (χ1v) is 8.85. The Morgan fingerprint density at radius 2 is 1.78 bits per heavy atom. The molecule has 0 fully saturated rings. The summed E-state index contributed by atoms with van der Waals surface area (Å²) in [6.07, 6.45) is 4.84.